The van der Waals surface area contributed by atoms with E-state index in [2.05, 4.69) is 5.32 Å². The number of ether oxygens (including phenoxy) is 1. The van der Waals surface area contributed by atoms with Crippen molar-refractivity contribution in [1.82, 2.24) is 0 Å². The number of alkyl halides is 2. The number of esters is 1. The van der Waals surface area contributed by atoms with Gasteiger partial charge in [-0.25, -0.2) is 4.79 Å². The van der Waals surface area contributed by atoms with Gasteiger partial charge in [0, 0.05) is 16.0 Å². The lowest BCUT2D eigenvalue weighted by Crippen LogP contribution is -2.21. The molecule has 1 N–H and O–H groups in total. The number of thioether (sulfide) groups is 1. The second-order valence-electron chi connectivity index (χ2n) is 5.55. The van der Waals surface area contributed by atoms with Gasteiger partial charge < -0.3 is 10.1 Å². The molecule has 27 heavy (non-hydrogen) atoms. The number of benzene rings is 3. The molecule has 0 saturated carbocycles. The van der Waals surface area contributed by atoms with E-state index < -0.39 is 24.2 Å². The number of hydrogen-bond donors (Lipinski definition) is 1. The summed E-state index contributed by atoms with van der Waals surface area (Å²) >= 11 is 0.390. The van der Waals surface area contributed by atoms with Crippen LogP contribution < -0.4 is 5.32 Å². The summed E-state index contributed by atoms with van der Waals surface area (Å²) in [6.45, 7) is -0.449. The highest BCUT2D eigenvalue weighted by molar-refractivity contribution is 7.99. The Kier molecular flexibility index (Phi) is 6.03. The first kappa shape index (κ1) is 18.8. The number of rotatable bonds is 6. The monoisotopic (exact) mass is 387 g/mol. The van der Waals surface area contributed by atoms with Crippen molar-refractivity contribution >= 4 is 40.1 Å². The van der Waals surface area contributed by atoms with Crippen LogP contribution >= 0.6 is 11.8 Å². The van der Waals surface area contributed by atoms with Crippen LogP contribution in [0.3, 0.4) is 0 Å². The van der Waals surface area contributed by atoms with Crippen LogP contribution in [0.15, 0.2) is 71.6 Å². The average molecular weight is 387 g/mol. The second kappa shape index (κ2) is 8.64. The summed E-state index contributed by atoms with van der Waals surface area (Å²) < 4.78 is 29.6. The molecule has 0 heterocycles. The third-order valence-electron chi connectivity index (χ3n) is 3.71. The minimum Gasteiger partial charge on any atom is -0.452 e. The molecule has 138 valence electrons. The van der Waals surface area contributed by atoms with Crippen LogP contribution in [-0.2, 0) is 9.53 Å². The maximum atomic E-state index is 12.3. The Hall–Kier alpha value is -2.93. The smallest absolute Gasteiger partial charge is 0.338 e. The summed E-state index contributed by atoms with van der Waals surface area (Å²) in [5.74, 6) is -3.69. The van der Waals surface area contributed by atoms with Gasteiger partial charge in [-0.3, -0.25) is 4.79 Å². The Morgan fingerprint density at radius 2 is 1.67 bits per heavy atom. The fourth-order valence-corrected chi connectivity index (χ4v) is 3.01. The standard InChI is InChI=1S/C20H15F2NO3S/c21-20(22)27-15-10-8-14(9-11-15)19(25)26-12-18(24)23-17-7-3-5-13-4-1-2-6-16(13)17/h1-11,20H,12H2,(H,23,24). The van der Waals surface area contributed by atoms with Crippen LogP contribution in [0.2, 0.25) is 0 Å². The Labute approximate surface area is 158 Å². The van der Waals surface area contributed by atoms with Crippen molar-refractivity contribution in [2.24, 2.45) is 0 Å². The molecule has 0 radical (unpaired) electrons. The molecule has 3 aromatic carbocycles. The van der Waals surface area contributed by atoms with Gasteiger partial charge in [-0.05, 0) is 35.7 Å². The lowest BCUT2D eigenvalue weighted by molar-refractivity contribution is -0.119. The van der Waals surface area contributed by atoms with Crippen molar-refractivity contribution in [2.75, 3.05) is 11.9 Å². The summed E-state index contributed by atoms with van der Waals surface area (Å²) in [6, 6.07) is 18.7. The van der Waals surface area contributed by atoms with Gasteiger partial charge in [-0.15, -0.1) is 0 Å². The molecular weight excluding hydrogens is 372 g/mol. The lowest BCUT2D eigenvalue weighted by Gasteiger charge is -2.09. The second-order valence-corrected chi connectivity index (χ2v) is 6.62. The molecule has 0 aliphatic carbocycles. The van der Waals surface area contributed by atoms with Gasteiger partial charge in [-0.1, -0.05) is 48.2 Å². The first-order valence-corrected chi connectivity index (χ1v) is 8.90. The number of anilines is 1. The Morgan fingerprint density at radius 3 is 2.41 bits per heavy atom. The third-order valence-corrected chi connectivity index (χ3v) is 4.44. The summed E-state index contributed by atoms with van der Waals surface area (Å²) in [6.07, 6.45) is 0. The highest BCUT2D eigenvalue weighted by Gasteiger charge is 2.12. The third kappa shape index (κ3) is 5.04. The molecule has 0 aliphatic heterocycles. The van der Waals surface area contributed by atoms with Gasteiger partial charge >= 0.3 is 5.97 Å². The molecule has 0 spiro atoms. The van der Waals surface area contributed by atoms with E-state index in [1.807, 2.05) is 36.4 Å². The summed E-state index contributed by atoms with van der Waals surface area (Å²) in [5, 5.41) is 4.58. The molecule has 0 aromatic heterocycles. The summed E-state index contributed by atoms with van der Waals surface area (Å²) in [5.41, 5.74) is 0.814. The van der Waals surface area contributed by atoms with E-state index in [-0.39, 0.29) is 5.56 Å². The summed E-state index contributed by atoms with van der Waals surface area (Å²) in [4.78, 5) is 24.4. The molecule has 0 fully saturated rings. The minimum atomic E-state index is -2.53. The largest absolute Gasteiger partial charge is 0.452 e. The fourth-order valence-electron chi connectivity index (χ4n) is 2.51. The first-order valence-electron chi connectivity index (χ1n) is 8.02. The van der Waals surface area contributed by atoms with Crippen molar-refractivity contribution in [2.45, 2.75) is 10.7 Å². The molecule has 7 heteroatoms. The molecule has 3 rings (SSSR count). The SMILES string of the molecule is O=C(COC(=O)c1ccc(SC(F)F)cc1)Nc1cccc2ccccc12. The van der Waals surface area contributed by atoms with Crippen LogP contribution in [0.4, 0.5) is 14.5 Å². The Balaban J connectivity index is 1.57. The van der Waals surface area contributed by atoms with Crippen molar-refractivity contribution < 1.29 is 23.1 Å². The Morgan fingerprint density at radius 1 is 0.963 bits per heavy atom. The van der Waals surface area contributed by atoms with Gasteiger partial charge in [0.15, 0.2) is 6.61 Å². The van der Waals surface area contributed by atoms with Crippen molar-refractivity contribution in [3.63, 3.8) is 0 Å². The molecule has 0 aliphatic rings. The number of carbonyl (C=O) groups excluding carboxylic acids is 2. The minimum absolute atomic E-state index is 0.187. The highest BCUT2D eigenvalue weighted by Crippen LogP contribution is 2.25. The van der Waals surface area contributed by atoms with Crippen molar-refractivity contribution in [3.8, 4) is 0 Å². The molecule has 0 atom stereocenters. The van der Waals surface area contributed by atoms with E-state index in [9.17, 15) is 18.4 Å². The fraction of sp³-hybridized carbons (Fsp3) is 0.100. The van der Waals surface area contributed by atoms with Crippen molar-refractivity contribution in [3.05, 3.63) is 72.3 Å². The molecule has 0 bridgehead atoms. The van der Waals surface area contributed by atoms with Gasteiger partial charge in [0.2, 0.25) is 0 Å². The number of hydrogen-bond acceptors (Lipinski definition) is 4. The van der Waals surface area contributed by atoms with E-state index in [0.717, 1.165) is 10.8 Å². The number of nitrogens with one attached hydrogen (secondary N) is 1. The van der Waals surface area contributed by atoms with Gasteiger partial charge in [-0.2, -0.15) is 8.78 Å². The van der Waals surface area contributed by atoms with Gasteiger partial charge in [0.1, 0.15) is 0 Å². The highest BCUT2D eigenvalue weighted by atomic mass is 32.2. The molecule has 1 amide bonds. The maximum Gasteiger partial charge on any atom is 0.338 e. The predicted octanol–water partition coefficient (Wildman–Crippen LogP) is 4.95. The van der Waals surface area contributed by atoms with E-state index >= 15 is 0 Å². The number of halogens is 2. The van der Waals surface area contributed by atoms with Crippen LogP contribution in [0.1, 0.15) is 10.4 Å². The predicted molar refractivity (Wildman–Crippen MR) is 101 cm³/mol. The van der Waals surface area contributed by atoms with Crippen LogP contribution in [0.5, 0.6) is 0 Å². The zero-order valence-electron chi connectivity index (χ0n) is 14.0. The number of fused-ring (bicyclic) bond motifs is 1. The Bertz CT molecular complexity index is 956. The average Bonchev–Trinajstić information content (AvgIpc) is 2.66. The molecule has 4 nitrogen and oxygen atoms in total. The normalized spacial score (nSPS) is 10.8. The van der Waals surface area contributed by atoms with Crippen LogP contribution in [0.25, 0.3) is 10.8 Å². The zero-order chi connectivity index (χ0) is 19.2. The molecule has 0 unspecified atom stereocenters. The van der Waals surface area contributed by atoms with Crippen LogP contribution in [-0.4, -0.2) is 24.2 Å². The zero-order valence-corrected chi connectivity index (χ0v) is 14.8. The van der Waals surface area contributed by atoms with Gasteiger partial charge in [0.25, 0.3) is 11.7 Å². The lowest BCUT2D eigenvalue weighted by atomic mass is 10.1. The van der Waals surface area contributed by atoms with E-state index in [1.54, 1.807) is 6.07 Å². The van der Waals surface area contributed by atoms with Crippen LogP contribution in [0, 0.1) is 0 Å². The first-order chi connectivity index (χ1) is 13.0. The maximum absolute atomic E-state index is 12.3. The van der Waals surface area contributed by atoms with Crippen molar-refractivity contribution in [1.29, 1.82) is 0 Å². The molecule has 3 aromatic rings. The molecular formula is C20H15F2NO3S. The van der Waals surface area contributed by atoms with E-state index in [4.69, 9.17) is 4.74 Å². The molecule has 0 saturated heterocycles. The number of amides is 1. The summed E-state index contributed by atoms with van der Waals surface area (Å²) in [7, 11) is 0. The van der Waals surface area contributed by atoms with E-state index in [0.29, 0.717) is 22.3 Å². The van der Waals surface area contributed by atoms with Gasteiger partial charge in [0.05, 0.1) is 5.56 Å². The quantitative estimate of drug-likeness (QED) is 0.480. The van der Waals surface area contributed by atoms with E-state index in [1.165, 1.54) is 24.3 Å². The number of carbonyl (C=O) groups is 2. The topological polar surface area (TPSA) is 55.4 Å².